The van der Waals surface area contributed by atoms with E-state index in [1.54, 1.807) is 12.1 Å². The molecule has 2 heteroatoms. The van der Waals surface area contributed by atoms with Crippen LogP contribution in [-0.2, 0) is 0 Å². The van der Waals surface area contributed by atoms with E-state index < -0.39 is 0 Å². The zero-order valence-corrected chi connectivity index (χ0v) is 13.6. The number of phenols is 1. The van der Waals surface area contributed by atoms with E-state index in [9.17, 15) is 5.11 Å². The van der Waals surface area contributed by atoms with E-state index in [0.29, 0.717) is 0 Å². The number of hydrogen-bond acceptors (Lipinski definition) is 2. The largest absolute Gasteiger partial charge is 0.508 e. The first-order chi connectivity index (χ1) is 12.3. The van der Waals surface area contributed by atoms with Crippen molar-refractivity contribution in [2.75, 3.05) is 0 Å². The molecule has 4 aromatic rings. The van der Waals surface area contributed by atoms with Gasteiger partial charge in [-0.3, -0.25) is 0 Å². The van der Waals surface area contributed by atoms with Crippen LogP contribution in [0.15, 0.2) is 97.1 Å². The van der Waals surface area contributed by atoms with Gasteiger partial charge in [-0.2, -0.15) is 0 Å². The molecule has 0 radical (unpaired) electrons. The minimum atomic E-state index is 0.241. The molecule has 3 aromatic carbocycles. The summed E-state index contributed by atoms with van der Waals surface area (Å²) in [5.41, 5.74) is 5.98. The van der Waals surface area contributed by atoms with Gasteiger partial charge in [-0.25, -0.2) is 4.98 Å². The molecule has 4 rings (SSSR count). The summed E-state index contributed by atoms with van der Waals surface area (Å²) in [6, 6.07) is 31.8. The van der Waals surface area contributed by atoms with Crippen LogP contribution >= 0.6 is 0 Å². The van der Waals surface area contributed by atoms with Gasteiger partial charge in [0.25, 0.3) is 0 Å². The third-order valence-electron chi connectivity index (χ3n) is 4.14. The van der Waals surface area contributed by atoms with Gasteiger partial charge in [0.05, 0.1) is 11.4 Å². The molecule has 0 fully saturated rings. The summed E-state index contributed by atoms with van der Waals surface area (Å²) in [7, 11) is 0. The van der Waals surface area contributed by atoms with Crippen LogP contribution in [0, 0.1) is 0 Å². The lowest BCUT2D eigenvalue weighted by Gasteiger charge is -2.10. The highest BCUT2D eigenvalue weighted by molar-refractivity contribution is 5.76. The fraction of sp³-hybridized carbons (Fsp3) is 0. The molecule has 0 unspecified atom stereocenters. The maximum atomic E-state index is 9.82. The third-order valence-corrected chi connectivity index (χ3v) is 4.14. The van der Waals surface area contributed by atoms with Gasteiger partial charge in [0.1, 0.15) is 5.75 Å². The van der Waals surface area contributed by atoms with Gasteiger partial charge < -0.3 is 5.11 Å². The Morgan fingerprint density at radius 2 is 1.04 bits per heavy atom. The van der Waals surface area contributed by atoms with Crippen LogP contribution in [0.2, 0.25) is 0 Å². The smallest absolute Gasteiger partial charge is 0.116 e. The third kappa shape index (κ3) is 3.29. The average Bonchev–Trinajstić information content (AvgIpc) is 2.69. The van der Waals surface area contributed by atoms with Crippen molar-refractivity contribution in [1.29, 1.82) is 0 Å². The monoisotopic (exact) mass is 323 g/mol. The van der Waals surface area contributed by atoms with E-state index in [1.165, 1.54) is 0 Å². The number of hydrogen-bond donors (Lipinski definition) is 1. The molecule has 25 heavy (non-hydrogen) atoms. The molecular weight excluding hydrogens is 306 g/mol. The second-order valence-electron chi connectivity index (χ2n) is 5.91. The van der Waals surface area contributed by atoms with Gasteiger partial charge in [0, 0.05) is 11.1 Å². The topological polar surface area (TPSA) is 33.1 Å². The van der Waals surface area contributed by atoms with E-state index in [4.69, 9.17) is 4.98 Å². The molecule has 1 aromatic heterocycles. The molecule has 1 N–H and O–H groups in total. The lowest BCUT2D eigenvalue weighted by atomic mass is 10.00. The average molecular weight is 323 g/mol. The van der Waals surface area contributed by atoms with Crippen LogP contribution in [0.3, 0.4) is 0 Å². The van der Waals surface area contributed by atoms with Crippen molar-refractivity contribution in [3.63, 3.8) is 0 Å². The number of pyridine rings is 1. The van der Waals surface area contributed by atoms with E-state index in [-0.39, 0.29) is 5.75 Å². The van der Waals surface area contributed by atoms with Gasteiger partial charge in [-0.05, 0) is 35.4 Å². The predicted molar refractivity (Wildman–Crippen MR) is 102 cm³/mol. The molecule has 0 aliphatic heterocycles. The van der Waals surface area contributed by atoms with Crippen molar-refractivity contribution in [1.82, 2.24) is 4.98 Å². The highest BCUT2D eigenvalue weighted by Gasteiger charge is 2.09. The molecule has 0 atom stereocenters. The highest BCUT2D eigenvalue weighted by Crippen LogP contribution is 2.31. The molecule has 0 amide bonds. The molecule has 2 nitrogen and oxygen atoms in total. The summed E-state index contributed by atoms with van der Waals surface area (Å²) >= 11 is 0. The summed E-state index contributed by atoms with van der Waals surface area (Å²) in [4.78, 5) is 4.83. The molecule has 1 heterocycles. The SMILES string of the molecule is Oc1cccc(-c2cc(-c3ccccc3)cc(-c3ccccc3)n2)c1. The van der Waals surface area contributed by atoms with E-state index >= 15 is 0 Å². The predicted octanol–water partition coefficient (Wildman–Crippen LogP) is 5.79. The van der Waals surface area contributed by atoms with E-state index in [0.717, 1.165) is 33.6 Å². The minimum Gasteiger partial charge on any atom is -0.508 e. The molecule has 0 spiro atoms. The lowest BCUT2D eigenvalue weighted by Crippen LogP contribution is -1.91. The summed E-state index contributed by atoms with van der Waals surface area (Å²) in [6.07, 6.45) is 0. The highest BCUT2D eigenvalue weighted by atomic mass is 16.3. The molecular formula is C23H17NO. The number of benzene rings is 3. The lowest BCUT2D eigenvalue weighted by molar-refractivity contribution is 0.475. The Hall–Kier alpha value is -3.39. The fourth-order valence-corrected chi connectivity index (χ4v) is 2.90. The van der Waals surface area contributed by atoms with Crippen LogP contribution in [-0.4, -0.2) is 10.1 Å². The second-order valence-corrected chi connectivity index (χ2v) is 5.91. The Balaban J connectivity index is 1.92. The number of rotatable bonds is 3. The maximum Gasteiger partial charge on any atom is 0.116 e. The van der Waals surface area contributed by atoms with Crippen LogP contribution in [0.5, 0.6) is 5.75 Å². The van der Waals surface area contributed by atoms with Gasteiger partial charge in [-0.15, -0.1) is 0 Å². The van der Waals surface area contributed by atoms with Gasteiger partial charge >= 0.3 is 0 Å². The molecule has 0 saturated carbocycles. The Morgan fingerprint density at radius 1 is 0.480 bits per heavy atom. The number of phenolic OH excluding ortho intramolecular Hbond substituents is 1. The Bertz CT molecular complexity index is 937. The minimum absolute atomic E-state index is 0.241. The summed E-state index contributed by atoms with van der Waals surface area (Å²) in [5.74, 6) is 0.241. The van der Waals surface area contributed by atoms with Gasteiger partial charge in [0.15, 0.2) is 0 Å². The van der Waals surface area contributed by atoms with Crippen LogP contribution < -0.4 is 0 Å². The summed E-state index contributed by atoms with van der Waals surface area (Å²) in [5, 5.41) is 9.82. The van der Waals surface area contributed by atoms with Crippen molar-refractivity contribution >= 4 is 0 Å². The first kappa shape index (κ1) is 15.2. The molecule has 0 bridgehead atoms. The molecule has 120 valence electrons. The summed E-state index contributed by atoms with van der Waals surface area (Å²) in [6.45, 7) is 0. The second kappa shape index (κ2) is 6.62. The van der Waals surface area contributed by atoms with Gasteiger partial charge in [-0.1, -0.05) is 72.8 Å². The zero-order chi connectivity index (χ0) is 17.1. The van der Waals surface area contributed by atoms with E-state index in [1.807, 2.05) is 48.5 Å². The fourth-order valence-electron chi connectivity index (χ4n) is 2.90. The number of aromatic hydroxyl groups is 1. The number of nitrogens with zero attached hydrogens (tertiary/aromatic N) is 1. The Kier molecular flexibility index (Phi) is 4.01. The first-order valence-corrected chi connectivity index (χ1v) is 8.22. The normalized spacial score (nSPS) is 10.6. The van der Waals surface area contributed by atoms with Crippen molar-refractivity contribution in [3.05, 3.63) is 97.1 Å². The van der Waals surface area contributed by atoms with Crippen LogP contribution in [0.4, 0.5) is 0 Å². The molecule has 0 saturated heterocycles. The Morgan fingerprint density at radius 3 is 1.68 bits per heavy atom. The standard InChI is InChI=1S/C23H17NO/c25-21-13-7-12-19(14-21)23-16-20(17-8-3-1-4-9-17)15-22(24-23)18-10-5-2-6-11-18/h1-16,25H. The maximum absolute atomic E-state index is 9.82. The quantitative estimate of drug-likeness (QED) is 0.518. The Labute approximate surface area is 147 Å². The van der Waals surface area contributed by atoms with Crippen molar-refractivity contribution in [3.8, 4) is 39.4 Å². The molecule has 0 aliphatic rings. The van der Waals surface area contributed by atoms with Crippen LogP contribution in [0.25, 0.3) is 33.6 Å². The number of aromatic nitrogens is 1. The first-order valence-electron chi connectivity index (χ1n) is 8.22. The molecule has 0 aliphatic carbocycles. The van der Waals surface area contributed by atoms with Crippen molar-refractivity contribution < 1.29 is 5.11 Å². The summed E-state index contributed by atoms with van der Waals surface area (Å²) < 4.78 is 0. The zero-order valence-electron chi connectivity index (χ0n) is 13.6. The van der Waals surface area contributed by atoms with Gasteiger partial charge in [0.2, 0.25) is 0 Å². The van der Waals surface area contributed by atoms with Crippen molar-refractivity contribution in [2.24, 2.45) is 0 Å². The van der Waals surface area contributed by atoms with Crippen molar-refractivity contribution in [2.45, 2.75) is 0 Å². The van der Waals surface area contributed by atoms with Crippen LogP contribution in [0.1, 0.15) is 0 Å². The van der Waals surface area contributed by atoms with E-state index in [2.05, 4.69) is 36.4 Å².